The summed E-state index contributed by atoms with van der Waals surface area (Å²) in [7, 11) is 2.08. The first-order valence-electron chi connectivity index (χ1n) is 2.87. The molecule has 0 saturated carbocycles. The quantitative estimate of drug-likeness (QED) is 0.517. The molecule has 0 saturated heterocycles. The van der Waals surface area contributed by atoms with Gasteiger partial charge in [0, 0.05) is 25.1 Å². The Hall–Kier alpha value is 0.617. The summed E-state index contributed by atoms with van der Waals surface area (Å²) in [5.41, 5.74) is 0.542. The zero-order chi connectivity index (χ0) is 7.28. The SMILES string of the molecule is CO[SiH](OC)C(C)CBr. The molecular weight excluding hydrogens is 200 g/mol. The van der Waals surface area contributed by atoms with E-state index in [0.29, 0.717) is 5.54 Å². The fourth-order valence-corrected chi connectivity index (χ4v) is 2.82. The molecular formula is C5H13BrO2Si. The van der Waals surface area contributed by atoms with Crippen LogP contribution in [0.15, 0.2) is 0 Å². The van der Waals surface area contributed by atoms with Crippen molar-refractivity contribution in [2.24, 2.45) is 0 Å². The van der Waals surface area contributed by atoms with E-state index in [2.05, 4.69) is 22.9 Å². The number of hydrogen-bond donors (Lipinski definition) is 0. The van der Waals surface area contributed by atoms with Gasteiger partial charge in [0.1, 0.15) is 0 Å². The second kappa shape index (κ2) is 5.41. The molecule has 0 aliphatic rings. The standard InChI is InChI=1S/C5H13BrO2Si/c1-5(4-6)9(7-2)8-3/h5,9H,4H2,1-3H3. The first kappa shape index (κ1) is 9.62. The molecule has 0 aromatic carbocycles. The molecule has 0 aliphatic carbocycles. The summed E-state index contributed by atoms with van der Waals surface area (Å²) >= 11 is 3.37. The van der Waals surface area contributed by atoms with Gasteiger partial charge in [-0.3, -0.25) is 0 Å². The first-order chi connectivity index (χ1) is 4.26. The summed E-state index contributed by atoms with van der Waals surface area (Å²) in [5, 5.41) is 0.964. The van der Waals surface area contributed by atoms with E-state index >= 15 is 0 Å². The van der Waals surface area contributed by atoms with Crippen LogP contribution in [-0.2, 0) is 8.85 Å². The summed E-state index contributed by atoms with van der Waals surface area (Å²) in [6.07, 6.45) is 0. The van der Waals surface area contributed by atoms with Crippen molar-refractivity contribution >= 4 is 25.2 Å². The van der Waals surface area contributed by atoms with Crippen LogP contribution in [0.1, 0.15) is 6.92 Å². The highest BCUT2D eigenvalue weighted by Crippen LogP contribution is 2.12. The normalized spacial score (nSPS) is 14.3. The predicted octanol–water partition coefficient (Wildman–Crippen LogP) is 1.28. The van der Waals surface area contributed by atoms with Crippen LogP contribution < -0.4 is 0 Å². The Kier molecular flexibility index (Phi) is 5.78. The molecule has 0 bridgehead atoms. The van der Waals surface area contributed by atoms with Gasteiger partial charge in [0.2, 0.25) is 0 Å². The van der Waals surface area contributed by atoms with Gasteiger partial charge in [-0.2, -0.15) is 0 Å². The van der Waals surface area contributed by atoms with E-state index in [1.165, 1.54) is 0 Å². The monoisotopic (exact) mass is 212 g/mol. The lowest BCUT2D eigenvalue weighted by Gasteiger charge is -2.15. The van der Waals surface area contributed by atoms with Crippen molar-refractivity contribution in [1.82, 2.24) is 0 Å². The maximum atomic E-state index is 5.14. The lowest BCUT2D eigenvalue weighted by molar-refractivity contribution is 0.270. The van der Waals surface area contributed by atoms with Crippen LogP contribution in [0.2, 0.25) is 5.54 Å². The molecule has 9 heavy (non-hydrogen) atoms. The second-order valence-corrected chi connectivity index (χ2v) is 5.44. The molecule has 0 aromatic rings. The summed E-state index contributed by atoms with van der Waals surface area (Å²) in [5.74, 6) is 0. The minimum absolute atomic E-state index is 0.542. The van der Waals surface area contributed by atoms with Gasteiger partial charge in [-0.1, -0.05) is 22.9 Å². The van der Waals surface area contributed by atoms with Gasteiger partial charge in [0.15, 0.2) is 0 Å². The second-order valence-electron chi connectivity index (χ2n) is 1.97. The van der Waals surface area contributed by atoms with Crippen LogP contribution in [0.3, 0.4) is 0 Å². The van der Waals surface area contributed by atoms with Crippen molar-refractivity contribution in [1.29, 1.82) is 0 Å². The van der Waals surface area contributed by atoms with Crippen LogP contribution in [0.5, 0.6) is 0 Å². The van der Waals surface area contributed by atoms with E-state index in [9.17, 15) is 0 Å². The highest BCUT2D eigenvalue weighted by atomic mass is 79.9. The highest BCUT2D eigenvalue weighted by Gasteiger charge is 2.17. The van der Waals surface area contributed by atoms with E-state index in [1.807, 2.05) is 0 Å². The Labute approximate surface area is 66.5 Å². The Morgan fingerprint density at radius 2 is 1.89 bits per heavy atom. The van der Waals surface area contributed by atoms with Crippen LogP contribution in [0, 0.1) is 0 Å². The molecule has 0 N–H and O–H groups in total. The zero-order valence-corrected chi connectivity index (χ0v) is 8.80. The van der Waals surface area contributed by atoms with Crippen molar-refractivity contribution in [2.45, 2.75) is 12.5 Å². The lowest BCUT2D eigenvalue weighted by Crippen LogP contribution is -2.25. The van der Waals surface area contributed by atoms with Gasteiger partial charge in [-0.05, 0) is 0 Å². The molecule has 1 atom stereocenters. The van der Waals surface area contributed by atoms with E-state index < -0.39 is 9.28 Å². The van der Waals surface area contributed by atoms with Crippen molar-refractivity contribution in [3.63, 3.8) is 0 Å². The maximum absolute atomic E-state index is 5.14. The van der Waals surface area contributed by atoms with Crippen LogP contribution >= 0.6 is 15.9 Å². The van der Waals surface area contributed by atoms with Crippen LogP contribution in [0.25, 0.3) is 0 Å². The maximum Gasteiger partial charge on any atom is 0.324 e. The van der Waals surface area contributed by atoms with E-state index in [1.54, 1.807) is 14.2 Å². The summed E-state index contributed by atoms with van der Waals surface area (Å²) in [6.45, 7) is 2.12. The summed E-state index contributed by atoms with van der Waals surface area (Å²) < 4.78 is 10.3. The van der Waals surface area contributed by atoms with Crippen molar-refractivity contribution in [2.75, 3.05) is 19.5 Å². The van der Waals surface area contributed by atoms with Crippen molar-refractivity contribution in [3.05, 3.63) is 0 Å². The van der Waals surface area contributed by atoms with E-state index in [0.717, 1.165) is 5.33 Å². The molecule has 0 aromatic heterocycles. The average molecular weight is 213 g/mol. The van der Waals surface area contributed by atoms with Crippen LogP contribution in [0.4, 0.5) is 0 Å². The van der Waals surface area contributed by atoms with Gasteiger partial charge < -0.3 is 8.85 Å². The van der Waals surface area contributed by atoms with Gasteiger partial charge in [0.25, 0.3) is 0 Å². The predicted molar refractivity (Wildman–Crippen MR) is 44.4 cm³/mol. The molecule has 0 radical (unpaired) electrons. The molecule has 0 aliphatic heterocycles. The molecule has 4 heteroatoms. The van der Waals surface area contributed by atoms with Gasteiger partial charge >= 0.3 is 9.28 Å². The number of alkyl halides is 1. The molecule has 0 amide bonds. The fraction of sp³-hybridized carbons (Fsp3) is 1.00. The molecule has 1 unspecified atom stereocenters. The minimum Gasteiger partial charge on any atom is -0.400 e. The first-order valence-corrected chi connectivity index (χ1v) is 5.61. The number of halogens is 1. The Morgan fingerprint density at radius 3 is 2.00 bits per heavy atom. The third-order valence-corrected chi connectivity index (χ3v) is 4.98. The smallest absolute Gasteiger partial charge is 0.324 e. The number of rotatable bonds is 4. The van der Waals surface area contributed by atoms with Gasteiger partial charge in [0.05, 0.1) is 0 Å². The van der Waals surface area contributed by atoms with Crippen molar-refractivity contribution in [3.8, 4) is 0 Å². The average Bonchev–Trinajstić information content (AvgIpc) is 1.90. The molecule has 2 nitrogen and oxygen atoms in total. The fourth-order valence-electron chi connectivity index (χ4n) is 0.634. The zero-order valence-electron chi connectivity index (χ0n) is 6.06. The topological polar surface area (TPSA) is 18.5 Å². The molecule has 0 rings (SSSR count). The third-order valence-electron chi connectivity index (χ3n) is 1.17. The van der Waals surface area contributed by atoms with Crippen LogP contribution in [-0.4, -0.2) is 28.8 Å². The largest absolute Gasteiger partial charge is 0.400 e. The number of hydrogen-bond acceptors (Lipinski definition) is 2. The highest BCUT2D eigenvalue weighted by molar-refractivity contribution is 9.09. The minimum atomic E-state index is -1.33. The third kappa shape index (κ3) is 3.35. The molecule has 0 spiro atoms. The summed E-state index contributed by atoms with van der Waals surface area (Å²) in [4.78, 5) is 0. The molecule has 56 valence electrons. The van der Waals surface area contributed by atoms with Crippen molar-refractivity contribution < 1.29 is 8.85 Å². The molecule has 0 fully saturated rings. The van der Waals surface area contributed by atoms with E-state index in [4.69, 9.17) is 8.85 Å². The van der Waals surface area contributed by atoms with Gasteiger partial charge in [-0.15, -0.1) is 0 Å². The Bertz CT molecular complexity index is 68.0. The Balaban J connectivity index is 3.50. The molecule has 0 heterocycles. The van der Waals surface area contributed by atoms with Gasteiger partial charge in [-0.25, -0.2) is 0 Å². The lowest BCUT2D eigenvalue weighted by atomic mass is 10.6. The Morgan fingerprint density at radius 1 is 1.44 bits per heavy atom. The van der Waals surface area contributed by atoms with E-state index in [-0.39, 0.29) is 0 Å². The summed E-state index contributed by atoms with van der Waals surface area (Å²) in [6, 6.07) is 0.